The molecule has 3 aliphatic rings. The summed E-state index contributed by atoms with van der Waals surface area (Å²) >= 11 is 3.40. The average molecular weight is 458 g/mol. The molecule has 8 nitrogen and oxygen atoms in total. The molecular formula is C20H26ClN2O6S-. The SMILES string of the molecule is O=C(O)C1(C(N2CCN(c3ccc(Cl)cc3)CC2)S(=O)[O-])CCC2(CC1)OCCO2. The third kappa shape index (κ3) is 4.11. The topological polar surface area (TPSA) is 102 Å². The lowest BCUT2D eigenvalue weighted by Gasteiger charge is -2.50. The highest BCUT2D eigenvalue weighted by Gasteiger charge is 2.56. The van der Waals surface area contributed by atoms with Crippen molar-refractivity contribution in [3.63, 3.8) is 0 Å². The van der Waals surface area contributed by atoms with E-state index < -0.39 is 33.6 Å². The third-order valence-corrected chi connectivity index (χ3v) is 8.00. The van der Waals surface area contributed by atoms with E-state index >= 15 is 0 Å². The van der Waals surface area contributed by atoms with Crippen LogP contribution in [-0.2, 0) is 25.3 Å². The van der Waals surface area contributed by atoms with E-state index in [1.54, 1.807) is 4.90 Å². The normalized spacial score (nSPS) is 25.9. The molecule has 1 aromatic rings. The smallest absolute Gasteiger partial charge is 0.312 e. The summed E-state index contributed by atoms with van der Waals surface area (Å²) in [5.41, 5.74) is -0.350. The van der Waals surface area contributed by atoms with Crippen LogP contribution < -0.4 is 4.90 Å². The number of benzene rings is 1. The molecule has 1 aromatic carbocycles. The first-order chi connectivity index (χ1) is 14.4. The van der Waals surface area contributed by atoms with E-state index in [0.29, 0.717) is 57.3 Å². The molecule has 30 heavy (non-hydrogen) atoms. The van der Waals surface area contributed by atoms with Crippen molar-refractivity contribution in [3.05, 3.63) is 29.3 Å². The van der Waals surface area contributed by atoms with Crippen LogP contribution in [0.4, 0.5) is 5.69 Å². The lowest BCUT2D eigenvalue weighted by Crippen LogP contribution is -2.61. The lowest BCUT2D eigenvalue weighted by molar-refractivity contribution is -0.201. The first kappa shape index (κ1) is 22.0. The fourth-order valence-corrected chi connectivity index (χ4v) is 6.24. The van der Waals surface area contributed by atoms with Crippen LogP contribution in [0.1, 0.15) is 25.7 Å². The van der Waals surface area contributed by atoms with Gasteiger partial charge in [-0.25, -0.2) is 0 Å². The van der Waals surface area contributed by atoms with Crippen LogP contribution in [0.2, 0.25) is 5.02 Å². The predicted molar refractivity (Wildman–Crippen MR) is 111 cm³/mol. The van der Waals surface area contributed by atoms with Gasteiger partial charge in [0.05, 0.1) is 24.0 Å². The molecule has 3 fully saturated rings. The molecule has 10 heteroatoms. The fourth-order valence-electron chi connectivity index (χ4n) is 4.95. The van der Waals surface area contributed by atoms with Gasteiger partial charge in [-0.15, -0.1) is 0 Å². The van der Waals surface area contributed by atoms with Crippen LogP contribution in [0, 0.1) is 5.41 Å². The summed E-state index contributed by atoms with van der Waals surface area (Å²) in [6, 6.07) is 7.51. The zero-order chi connectivity index (χ0) is 21.4. The average Bonchev–Trinajstić information content (AvgIpc) is 3.19. The van der Waals surface area contributed by atoms with Crippen molar-refractivity contribution >= 4 is 34.3 Å². The molecule has 166 valence electrons. The minimum atomic E-state index is -2.55. The highest BCUT2D eigenvalue weighted by atomic mass is 35.5. The molecule has 2 atom stereocenters. The molecule has 2 heterocycles. The van der Waals surface area contributed by atoms with Gasteiger partial charge in [-0.2, -0.15) is 0 Å². The maximum atomic E-state index is 12.4. The van der Waals surface area contributed by atoms with Gasteiger partial charge in [0.1, 0.15) is 0 Å². The molecule has 0 aromatic heterocycles. The van der Waals surface area contributed by atoms with Gasteiger partial charge >= 0.3 is 5.97 Å². The number of carboxylic acid groups (broad SMARTS) is 1. The Hall–Kier alpha value is -1.23. The summed E-state index contributed by atoms with van der Waals surface area (Å²) in [6.45, 7) is 3.14. The second-order valence-corrected chi connectivity index (χ2v) is 9.59. The minimum Gasteiger partial charge on any atom is -0.771 e. The number of rotatable bonds is 5. The summed E-state index contributed by atoms with van der Waals surface area (Å²) in [5.74, 6) is -1.81. The number of anilines is 1. The number of aliphatic carboxylic acids is 1. The Morgan fingerprint density at radius 2 is 1.63 bits per heavy atom. The number of ether oxygens (including phenoxy) is 2. The number of hydrogen-bond acceptors (Lipinski definition) is 7. The number of carbonyl (C=O) groups is 1. The first-order valence-corrected chi connectivity index (χ1v) is 11.7. The molecule has 1 spiro atoms. The molecule has 0 radical (unpaired) electrons. The molecule has 1 aliphatic carbocycles. The van der Waals surface area contributed by atoms with Crippen molar-refractivity contribution in [2.75, 3.05) is 44.3 Å². The molecule has 2 saturated heterocycles. The van der Waals surface area contributed by atoms with Gasteiger partial charge < -0.3 is 24.0 Å². The fraction of sp³-hybridized carbons (Fsp3) is 0.650. The van der Waals surface area contributed by atoms with Crippen LogP contribution in [-0.4, -0.2) is 75.3 Å². The van der Waals surface area contributed by atoms with E-state index in [2.05, 4.69) is 4.90 Å². The summed E-state index contributed by atoms with van der Waals surface area (Å²) < 4.78 is 36.1. The molecule has 4 rings (SSSR count). The van der Waals surface area contributed by atoms with Crippen molar-refractivity contribution in [1.29, 1.82) is 0 Å². The van der Waals surface area contributed by atoms with Crippen molar-refractivity contribution in [2.45, 2.75) is 36.8 Å². The molecule has 1 N–H and O–H groups in total. The standard InChI is InChI=1S/C20H27ClN2O6S/c21-15-1-3-16(4-2-15)22-9-11-23(12-10-22)17(30(26)27)19(18(24)25)5-7-20(8-6-19)28-13-14-29-20/h1-4,17H,5-14H2,(H,24,25)(H,26,27)/p-1. The van der Waals surface area contributed by atoms with Crippen molar-refractivity contribution in [2.24, 2.45) is 5.41 Å². The Bertz CT molecular complexity index is 783. The van der Waals surface area contributed by atoms with E-state index in [9.17, 15) is 18.7 Å². The lowest BCUT2D eigenvalue weighted by atomic mass is 9.71. The van der Waals surface area contributed by atoms with Crippen LogP contribution in [0.5, 0.6) is 0 Å². The van der Waals surface area contributed by atoms with E-state index in [-0.39, 0.29) is 12.8 Å². The second kappa shape index (κ2) is 8.72. The maximum Gasteiger partial charge on any atom is 0.312 e. The highest BCUT2D eigenvalue weighted by Crippen LogP contribution is 2.48. The molecule has 2 unspecified atom stereocenters. The maximum absolute atomic E-state index is 12.4. The van der Waals surface area contributed by atoms with Crippen molar-refractivity contribution in [3.8, 4) is 0 Å². The van der Waals surface area contributed by atoms with Crippen LogP contribution in [0.25, 0.3) is 0 Å². The Labute approximate surface area is 183 Å². The van der Waals surface area contributed by atoms with E-state index in [1.165, 1.54) is 0 Å². The Morgan fingerprint density at radius 3 is 2.13 bits per heavy atom. The predicted octanol–water partition coefficient (Wildman–Crippen LogP) is 2.06. The molecule has 2 aliphatic heterocycles. The molecule has 1 saturated carbocycles. The summed E-state index contributed by atoms with van der Waals surface area (Å²) in [7, 11) is 0. The van der Waals surface area contributed by atoms with Gasteiger partial charge in [-0.1, -0.05) is 11.6 Å². The Balaban J connectivity index is 1.49. The minimum absolute atomic E-state index is 0.207. The van der Waals surface area contributed by atoms with Gasteiger partial charge in [0.25, 0.3) is 0 Å². The molecular weight excluding hydrogens is 432 g/mol. The van der Waals surface area contributed by atoms with Gasteiger partial charge in [0, 0.05) is 49.7 Å². The number of nitrogens with zero attached hydrogens (tertiary/aromatic N) is 2. The summed E-state index contributed by atoms with van der Waals surface area (Å²) in [6.07, 6.45) is 1.19. The van der Waals surface area contributed by atoms with Crippen LogP contribution >= 0.6 is 11.6 Å². The Morgan fingerprint density at radius 1 is 1.07 bits per heavy atom. The number of carboxylic acids is 1. The highest BCUT2D eigenvalue weighted by molar-refractivity contribution is 7.79. The van der Waals surface area contributed by atoms with Gasteiger partial charge in [-0.3, -0.25) is 13.9 Å². The number of piperazine rings is 1. The van der Waals surface area contributed by atoms with Crippen LogP contribution in [0.15, 0.2) is 24.3 Å². The zero-order valence-corrected chi connectivity index (χ0v) is 18.2. The quantitative estimate of drug-likeness (QED) is 0.670. The monoisotopic (exact) mass is 457 g/mol. The van der Waals surface area contributed by atoms with Gasteiger partial charge in [0.2, 0.25) is 0 Å². The van der Waals surface area contributed by atoms with Crippen molar-refractivity contribution in [1.82, 2.24) is 4.90 Å². The zero-order valence-electron chi connectivity index (χ0n) is 16.6. The third-order valence-electron chi connectivity index (χ3n) is 6.64. The number of halogens is 1. The molecule has 0 bridgehead atoms. The summed E-state index contributed by atoms with van der Waals surface area (Å²) in [4.78, 5) is 16.3. The van der Waals surface area contributed by atoms with Gasteiger partial charge in [0.15, 0.2) is 5.79 Å². The van der Waals surface area contributed by atoms with E-state index in [4.69, 9.17) is 21.1 Å². The van der Waals surface area contributed by atoms with Gasteiger partial charge in [-0.05, 0) is 48.2 Å². The first-order valence-electron chi connectivity index (χ1n) is 10.2. The van der Waals surface area contributed by atoms with Crippen LogP contribution in [0.3, 0.4) is 0 Å². The van der Waals surface area contributed by atoms with E-state index in [1.807, 2.05) is 24.3 Å². The number of hydrogen-bond donors (Lipinski definition) is 1. The largest absolute Gasteiger partial charge is 0.771 e. The Kier molecular flexibility index (Phi) is 6.39. The van der Waals surface area contributed by atoms with Crippen molar-refractivity contribution < 1.29 is 28.1 Å². The second-order valence-electron chi connectivity index (χ2n) is 8.18. The molecule has 0 amide bonds. The summed E-state index contributed by atoms with van der Waals surface area (Å²) in [5, 5.41) is 9.70. The van der Waals surface area contributed by atoms with E-state index in [0.717, 1.165) is 5.69 Å².